The van der Waals surface area contributed by atoms with Crippen LogP contribution >= 0.6 is 11.8 Å². The highest BCUT2D eigenvalue weighted by molar-refractivity contribution is 8.01. The fourth-order valence-electron chi connectivity index (χ4n) is 1.70. The minimum Gasteiger partial charge on any atom is -0.324 e. The van der Waals surface area contributed by atoms with E-state index in [1.807, 2.05) is 38.1 Å². The molecule has 0 fully saturated rings. The van der Waals surface area contributed by atoms with Crippen molar-refractivity contribution in [2.75, 3.05) is 5.32 Å². The lowest BCUT2D eigenvalue weighted by atomic mass is 10.2. The molecular formula is C14H17N3O2S. The number of benzene rings is 1. The number of nitrogens with zero attached hydrogens (tertiary/aromatic N) is 1. The Labute approximate surface area is 122 Å². The van der Waals surface area contributed by atoms with E-state index in [0.717, 1.165) is 10.6 Å². The van der Waals surface area contributed by atoms with E-state index in [1.165, 1.54) is 11.8 Å². The van der Waals surface area contributed by atoms with Crippen LogP contribution in [-0.4, -0.2) is 23.3 Å². The second-order valence-corrected chi connectivity index (χ2v) is 6.10. The van der Waals surface area contributed by atoms with Crippen molar-refractivity contribution in [3.8, 4) is 0 Å². The van der Waals surface area contributed by atoms with Gasteiger partial charge in [-0.25, -0.2) is 5.43 Å². The molecular weight excluding hydrogens is 274 g/mol. The van der Waals surface area contributed by atoms with Gasteiger partial charge >= 0.3 is 0 Å². The zero-order valence-corrected chi connectivity index (χ0v) is 12.2. The molecule has 5 nitrogen and oxygen atoms in total. The Morgan fingerprint density at radius 2 is 2.25 bits per heavy atom. The standard InChI is InChI=1S/C14H17N3O2S/c1-9(2)8-15-17-13(18)7-12-14(19)16-10-5-3-4-6-11(10)20-12/h3-6,8-9,12H,7H2,1-2H3,(H,16,19)(H,17,18)/b15-8-/t12-/m1/s1. The highest BCUT2D eigenvalue weighted by Crippen LogP contribution is 2.36. The molecule has 6 heteroatoms. The predicted molar refractivity (Wildman–Crippen MR) is 80.8 cm³/mol. The number of hydrazone groups is 1. The molecule has 2 N–H and O–H groups in total. The monoisotopic (exact) mass is 291 g/mol. The molecule has 1 atom stereocenters. The Balaban J connectivity index is 1.94. The molecule has 1 aliphatic rings. The lowest BCUT2D eigenvalue weighted by Gasteiger charge is -2.23. The summed E-state index contributed by atoms with van der Waals surface area (Å²) in [5, 5.41) is 6.23. The topological polar surface area (TPSA) is 70.6 Å². The van der Waals surface area contributed by atoms with Gasteiger partial charge in [-0.1, -0.05) is 26.0 Å². The van der Waals surface area contributed by atoms with Crippen LogP contribution in [0.15, 0.2) is 34.3 Å². The highest BCUT2D eigenvalue weighted by atomic mass is 32.2. The maximum atomic E-state index is 11.9. The molecule has 1 aromatic carbocycles. The third kappa shape index (κ3) is 3.84. The van der Waals surface area contributed by atoms with Crippen LogP contribution in [0.5, 0.6) is 0 Å². The van der Waals surface area contributed by atoms with Crippen LogP contribution in [0.4, 0.5) is 5.69 Å². The summed E-state index contributed by atoms with van der Waals surface area (Å²) in [5.74, 6) is -0.125. The number of para-hydroxylation sites is 1. The van der Waals surface area contributed by atoms with E-state index >= 15 is 0 Å². The summed E-state index contributed by atoms with van der Waals surface area (Å²) in [6, 6.07) is 7.56. The smallest absolute Gasteiger partial charge is 0.241 e. The zero-order chi connectivity index (χ0) is 14.5. The SMILES string of the molecule is CC(C)/C=N\NC(=O)C[C@H]1Sc2ccccc2NC1=O. The third-order valence-electron chi connectivity index (χ3n) is 2.64. The molecule has 106 valence electrons. The van der Waals surface area contributed by atoms with Gasteiger partial charge in [0.15, 0.2) is 0 Å². The second kappa shape index (κ2) is 6.56. The van der Waals surface area contributed by atoms with Gasteiger partial charge in [0.1, 0.15) is 0 Å². The maximum absolute atomic E-state index is 11.9. The van der Waals surface area contributed by atoms with Crippen LogP contribution in [-0.2, 0) is 9.59 Å². The van der Waals surface area contributed by atoms with E-state index in [0.29, 0.717) is 0 Å². The Morgan fingerprint density at radius 1 is 1.50 bits per heavy atom. The normalized spacial score (nSPS) is 17.9. The quantitative estimate of drug-likeness (QED) is 0.660. The molecule has 0 saturated carbocycles. The fraction of sp³-hybridized carbons (Fsp3) is 0.357. The number of fused-ring (bicyclic) bond motifs is 1. The molecule has 0 spiro atoms. The van der Waals surface area contributed by atoms with Crippen molar-refractivity contribution < 1.29 is 9.59 Å². The third-order valence-corrected chi connectivity index (χ3v) is 3.91. The molecule has 0 aliphatic carbocycles. The molecule has 2 amide bonds. The second-order valence-electron chi connectivity index (χ2n) is 4.85. The van der Waals surface area contributed by atoms with Crippen molar-refractivity contribution in [3.05, 3.63) is 24.3 Å². The van der Waals surface area contributed by atoms with E-state index in [9.17, 15) is 9.59 Å². The van der Waals surface area contributed by atoms with Gasteiger partial charge in [0, 0.05) is 17.5 Å². The minimum atomic E-state index is -0.417. The number of anilines is 1. The van der Waals surface area contributed by atoms with Gasteiger partial charge < -0.3 is 5.32 Å². The Bertz CT molecular complexity index is 543. The van der Waals surface area contributed by atoms with Gasteiger partial charge in [0.2, 0.25) is 11.8 Å². The molecule has 2 rings (SSSR count). The summed E-state index contributed by atoms with van der Waals surface area (Å²) in [6.45, 7) is 3.94. The number of nitrogens with one attached hydrogen (secondary N) is 2. The average Bonchev–Trinajstić information content (AvgIpc) is 2.39. The first-order valence-electron chi connectivity index (χ1n) is 6.45. The number of amides is 2. The summed E-state index contributed by atoms with van der Waals surface area (Å²) < 4.78 is 0. The summed E-state index contributed by atoms with van der Waals surface area (Å²) >= 11 is 1.41. The molecule has 1 aliphatic heterocycles. The van der Waals surface area contributed by atoms with Crippen molar-refractivity contribution in [1.82, 2.24) is 5.43 Å². The van der Waals surface area contributed by atoms with Gasteiger partial charge in [-0.05, 0) is 18.1 Å². The number of thioether (sulfide) groups is 1. The van der Waals surface area contributed by atoms with Crippen molar-refractivity contribution in [2.24, 2.45) is 11.0 Å². The van der Waals surface area contributed by atoms with Crippen LogP contribution in [0.3, 0.4) is 0 Å². The predicted octanol–water partition coefficient (Wildman–Crippen LogP) is 2.25. The number of hydrogen-bond donors (Lipinski definition) is 2. The van der Waals surface area contributed by atoms with Gasteiger partial charge in [0.25, 0.3) is 0 Å². The Hall–Kier alpha value is -1.82. The summed E-state index contributed by atoms with van der Waals surface area (Å²) in [6.07, 6.45) is 1.77. The van der Waals surface area contributed by atoms with Gasteiger partial charge in [0.05, 0.1) is 10.9 Å². The van der Waals surface area contributed by atoms with Crippen LogP contribution in [0, 0.1) is 5.92 Å². The zero-order valence-electron chi connectivity index (χ0n) is 11.4. The van der Waals surface area contributed by atoms with Crippen LogP contribution in [0.1, 0.15) is 20.3 Å². The Kier molecular flexibility index (Phi) is 4.79. The first-order valence-corrected chi connectivity index (χ1v) is 7.33. The van der Waals surface area contributed by atoms with Crippen molar-refractivity contribution >= 4 is 35.5 Å². The molecule has 1 heterocycles. The molecule has 1 aromatic rings. The first-order chi connectivity index (χ1) is 9.56. The number of carbonyl (C=O) groups excluding carboxylic acids is 2. The van der Waals surface area contributed by atoms with Crippen molar-refractivity contribution in [2.45, 2.75) is 30.4 Å². The largest absolute Gasteiger partial charge is 0.324 e. The molecule has 0 saturated heterocycles. The van der Waals surface area contributed by atoms with E-state index in [-0.39, 0.29) is 24.2 Å². The van der Waals surface area contributed by atoms with Crippen LogP contribution in [0.2, 0.25) is 0 Å². The number of carbonyl (C=O) groups is 2. The minimum absolute atomic E-state index is 0.111. The van der Waals surface area contributed by atoms with E-state index in [4.69, 9.17) is 0 Å². The summed E-state index contributed by atoms with van der Waals surface area (Å²) in [5.41, 5.74) is 3.25. The summed E-state index contributed by atoms with van der Waals surface area (Å²) in [4.78, 5) is 24.6. The van der Waals surface area contributed by atoms with Gasteiger partial charge in [-0.15, -0.1) is 11.8 Å². The lowest BCUT2D eigenvalue weighted by molar-refractivity contribution is -0.124. The van der Waals surface area contributed by atoms with Gasteiger partial charge in [-0.2, -0.15) is 5.10 Å². The van der Waals surface area contributed by atoms with E-state index in [1.54, 1.807) is 6.21 Å². The van der Waals surface area contributed by atoms with Crippen molar-refractivity contribution in [1.29, 1.82) is 0 Å². The highest BCUT2D eigenvalue weighted by Gasteiger charge is 2.28. The first kappa shape index (κ1) is 14.6. The molecule has 0 unspecified atom stereocenters. The number of rotatable bonds is 4. The van der Waals surface area contributed by atoms with E-state index in [2.05, 4.69) is 15.8 Å². The van der Waals surface area contributed by atoms with Crippen LogP contribution in [0.25, 0.3) is 0 Å². The van der Waals surface area contributed by atoms with Gasteiger partial charge in [-0.3, -0.25) is 9.59 Å². The molecule has 0 aromatic heterocycles. The van der Waals surface area contributed by atoms with Crippen molar-refractivity contribution in [3.63, 3.8) is 0 Å². The fourth-order valence-corrected chi connectivity index (χ4v) is 2.81. The average molecular weight is 291 g/mol. The lowest BCUT2D eigenvalue weighted by Crippen LogP contribution is -2.33. The van der Waals surface area contributed by atoms with E-state index < -0.39 is 5.25 Å². The van der Waals surface area contributed by atoms with Crippen LogP contribution < -0.4 is 10.7 Å². The summed E-state index contributed by atoms with van der Waals surface area (Å²) in [7, 11) is 0. The Morgan fingerprint density at radius 3 is 3.00 bits per heavy atom. The maximum Gasteiger partial charge on any atom is 0.241 e. The molecule has 20 heavy (non-hydrogen) atoms. The molecule has 0 bridgehead atoms. The number of hydrogen-bond acceptors (Lipinski definition) is 4. The molecule has 0 radical (unpaired) electrons.